The normalized spacial score (nSPS) is 15.2. The summed E-state index contributed by atoms with van der Waals surface area (Å²) in [5.74, 6) is -0.423. The van der Waals surface area contributed by atoms with Crippen LogP contribution in [0.4, 0.5) is 0 Å². The van der Waals surface area contributed by atoms with E-state index < -0.39 is 12.1 Å². The maximum absolute atomic E-state index is 13.7. The first-order valence-corrected chi connectivity index (χ1v) is 15.7. The van der Waals surface area contributed by atoms with Gasteiger partial charge in [0, 0.05) is 57.0 Å². The Labute approximate surface area is 257 Å². The molecule has 3 amide bonds. The van der Waals surface area contributed by atoms with E-state index in [0.29, 0.717) is 37.7 Å². The van der Waals surface area contributed by atoms with E-state index in [2.05, 4.69) is 58.4 Å². The van der Waals surface area contributed by atoms with Crippen LogP contribution in [-0.2, 0) is 32.0 Å². The monoisotopic (exact) mass is 606 g/mol. The lowest BCUT2D eigenvalue weighted by molar-refractivity contribution is -0.129. The van der Waals surface area contributed by atoms with Gasteiger partial charge in [-0.25, -0.2) is 4.98 Å². The van der Waals surface area contributed by atoms with E-state index in [9.17, 15) is 14.4 Å². The van der Waals surface area contributed by atoms with Crippen LogP contribution in [0.5, 0.6) is 0 Å². The highest BCUT2D eigenvalue weighted by Gasteiger charge is 2.26. The number of hydrogen-bond donors (Lipinski definition) is 3. The molecule has 10 nitrogen and oxygen atoms in total. The zero-order valence-electron chi connectivity index (χ0n) is 25.2. The topological polar surface area (TPSA) is 126 Å². The van der Waals surface area contributed by atoms with E-state index in [-0.39, 0.29) is 37.1 Å². The smallest absolute Gasteiger partial charge is 0.247 e. The average Bonchev–Trinajstić information content (AvgIpc) is 3.41. The molecule has 11 heteroatoms. The van der Waals surface area contributed by atoms with Gasteiger partial charge in [-0.1, -0.05) is 39.5 Å². The van der Waals surface area contributed by atoms with E-state index in [4.69, 9.17) is 9.72 Å². The fraction of sp³-hybridized carbons (Fsp3) is 0.469. The lowest BCUT2D eigenvalue weighted by Crippen LogP contribution is -2.53. The summed E-state index contributed by atoms with van der Waals surface area (Å²) in [5.41, 5.74) is 3.47. The van der Waals surface area contributed by atoms with Gasteiger partial charge >= 0.3 is 0 Å². The van der Waals surface area contributed by atoms with Crippen LogP contribution in [0.1, 0.15) is 49.2 Å². The average molecular weight is 607 g/mol. The van der Waals surface area contributed by atoms with Crippen molar-refractivity contribution in [1.82, 2.24) is 30.8 Å². The van der Waals surface area contributed by atoms with Crippen molar-refractivity contribution < 1.29 is 19.1 Å². The number of nitrogens with zero attached hydrogens (tertiary/aromatic N) is 3. The second-order valence-electron chi connectivity index (χ2n) is 11.1. The predicted octanol–water partition coefficient (Wildman–Crippen LogP) is 2.98. The zero-order chi connectivity index (χ0) is 30.8. The summed E-state index contributed by atoms with van der Waals surface area (Å²) in [4.78, 5) is 50.1. The van der Waals surface area contributed by atoms with Gasteiger partial charge in [-0.15, -0.1) is 11.3 Å². The molecule has 1 saturated heterocycles. The van der Waals surface area contributed by atoms with Gasteiger partial charge in [0.2, 0.25) is 17.7 Å². The molecule has 1 aliphatic heterocycles. The summed E-state index contributed by atoms with van der Waals surface area (Å²) in [7, 11) is 0. The second-order valence-corrected chi connectivity index (χ2v) is 12.3. The first-order chi connectivity index (χ1) is 20.7. The Bertz CT molecular complexity index is 1400. The number of rotatable bonds is 14. The van der Waals surface area contributed by atoms with Crippen molar-refractivity contribution in [2.24, 2.45) is 0 Å². The number of nitrogens with one attached hydrogen (secondary N) is 3. The number of carbonyl (C=O) groups is 3. The van der Waals surface area contributed by atoms with Gasteiger partial charge < -0.3 is 20.7 Å². The number of morpholine rings is 1. The van der Waals surface area contributed by atoms with Gasteiger partial charge in [0.05, 0.1) is 34.5 Å². The molecule has 2 atom stereocenters. The minimum Gasteiger partial charge on any atom is -0.379 e. The number of aromatic nitrogens is 2. The van der Waals surface area contributed by atoms with Crippen molar-refractivity contribution in [1.29, 1.82) is 0 Å². The Morgan fingerprint density at radius 1 is 1.12 bits per heavy atom. The summed E-state index contributed by atoms with van der Waals surface area (Å²) in [6.07, 6.45) is 4.38. The molecule has 3 aromatic rings. The Morgan fingerprint density at radius 2 is 1.91 bits per heavy atom. The Hall–Kier alpha value is -3.67. The van der Waals surface area contributed by atoms with Crippen LogP contribution >= 0.6 is 11.3 Å². The molecule has 3 N–H and O–H groups in total. The third kappa shape index (κ3) is 9.67. The lowest BCUT2D eigenvalue weighted by atomic mass is 10.0. The van der Waals surface area contributed by atoms with Crippen molar-refractivity contribution in [3.05, 3.63) is 71.0 Å². The third-order valence-electron chi connectivity index (χ3n) is 7.37. The first kappa shape index (κ1) is 32.2. The molecular formula is C32H42N6O4S. The Morgan fingerprint density at radius 3 is 2.60 bits per heavy atom. The number of ether oxygens (including phenoxy) is 1. The number of amides is 3. The predicted molar refractivity (Wildman–Crippen MR) is 169 cm³/mol. The maximum atomic E-state index is 13.7. The van der Waals surface area contributed by atoms with Crippen LogP contribution in [-0.4, -0.2) is 84.1 Å². The highest BCUT2D eigenvalue weighted by molar-refractivity contribution is 7.18. The lowest BCUT2D eigenvalue weighted by Gasteiger charge is -2.27. The van der Waals surface area contributed by atoms with Crippen LogP contribution in [0.25, 0.3) is 10.2 Å². The van der Waals surface area contributed by atoms with Crippen LogP contribution in [0.2, 0.25) is 0 Å². The number of pyridine rings is 1. The van der Waals surface area contributed by atoms with Crippen molar-refractivity contribution in [3.63, 3.8) is 0 Å². The molecule has 2 aromatic heterocycles. The third-order valence-corrected chi connectivity index (χ3v) is 8.42. The summed E-state index contributed by atoms with van der Waals surface area (Å²) in [5, 5.41) is 9.65. The molecular weight excluding hydrogens is 564 g/mol. The van der Waals surface area contributed by atoms with Crippen molar-refractivity contribution in [3.8, 4) is 0 Å². The van der Waals surface area contributed by atoms with Gasteiger partial charge in [-0.2, -0.15) is 0 Å². The van der Waals surface area contributed by atoms with Gasteiger partial charge in [-0.05, 0) is 41.7 Å². The number of fused-ring (bicyclic) bond motifs is 1. The zero-order valence-corrected chi connectivity index (χ0v) is 26.0. The van der Waals surface area contributed by atoms with Gasteiger partial charge in [0.1, 0.15) is 6.04 Å². The molecule has 0 bridgehead atoms. The molecule has 0 saturated carbocycles. The van der Waals surface area contributed by atoms with Gasteiger partial charge in [0.15, 0.2) is 0 Å². The van der Waals surface area contributed by atoms with Crippen molar-refractivity contribution in [2.75, 3.05) is 39.4 Å². The molecule has 4 rings (SSSR count). The number of carbonyl (C=O) groups excluding carboxylic acids is 3. The molecule has 1 aromatic carbocycles. The molecule has 230 valence electrons. The standard InChI is InChI=1S/C32H42N6O4S/c1-5-29(39)36-27(17-30-37-26-9-8-24(21(2)3)16-28(26)43-30)32(41)35-25(15-23-7-6-10-33-18-23)19-34-31(40)22(4)20-38-11-13-42-14-12-38/h6-10,16,18,21,25,27H,4-5,11-15,17,19-20H2,1-3H3,(H,34,40)(H,35,41)(H,36,39). The van der Waals surface area contributed by atoms with E-state index in [1.807, 2.05) is 18.2 Å². The molecule has 1 aliphatic rings. The number of hydrogen-bond acceptors (Lipinski definition) is 8. The minimum absolute atomic E-state index is 0.190. The van der Waals surface area contributed by atoms with Crippen LogP contribution in [0.3, 0.4) is 0 Å². The minimum atomic E-state index is -0.819. The quantitative estimate of drug-likeness (QED) is 0.241. The molecule has 43 heavy (non-hydrogen) atoms. The Balaban J connectivity index is 1.46. The summed E-state index contributed by atoms with van der Waals surface area (Å²) < 4.78 is 6.44. The number of thiazole rings is 1. The van der Waals surface area contributed by atoms with Crippen LogP contribution in [0.15, 0.2) is 54.9 Å². The van der Waals surface area contributed by atoms with Crippen LogP contribution < -0.4 is 16.0 Å². The van der Waals surface area contributed by atoms with E-state index in [0.717, 1.165) is 33.9 Å². The van der Waals surface area contributed by atoms with E-state index in [1.165, 1.54) is 16.9 Å². The first-order valence-electron chi connectivity index (χ1n) is 14.9. The SMILES string of the molecule is C=C(CN1CCOCC1)C(=O)NCC(Cc1cccnc1)NC(=O)C(Cc1nc2ccc(C(C)C)cc2s1)NC(=O)CC. The molecule has 0 radical (unpaired) electrons. The molecule has 3 heterocycles. The van der Waals surface area contributed by atoms with Crippen molar-refractivity contribution in [2.45, 2.75) is 58.0 Å². The van der Waals surface area contributed by atoms with E-state index in [1.54, 1.807) is 19.3 Å². The summed E-state index contributed by atoms with van der Waals surface area (Å²) in [6, 6.07) is 8.71. The largest absolute Gasteiger partial charge is 0.379 e. The molecule has 2 unspecified atom stereocenters. The second kappa shape index (κ2) is 15.7. The van der Waals surface area contributed by atoms with Gasteiger partial charge in [0.25, 0.3) is 0 Å². The summed E-state index contributed by atoms with van der Waals surface area (Å²) >= 11 is 1.53. The fourth-order valence-electron chi connectivity index (χ4n) is 4.84. The highest BCUT2D eigenvalue weighted by Crippen LogP contribution is 2.27. The number of benzene rings is 1. The molecule has 0 spiro atoms. The maximum Gasteiger partial charge on any atom is 0.247 e. The molecule has 1 fully saturated rings. The molecule has 0 aliphatic carbocycles. The van der Waals surface area contributed by atoms with E-state index >= 15 is 0 Å². The summed E-state index contributed by atoms with van der Waals surface area (Å²) in [6.45, 7) is 13.5. The highest BCUT2D eigenvalue weighted by atomic mass is 32.1. The van der Waals surface area contributed by atoms with Crippen molar-refractivity contribution >= 4 is 39.3 Å². The Kier molecular flexibility index (Phi) is 11.8. The van der Waals surface area contributed by atoms with Crippen LogP contribution in [0, 0.1) is 0 Å². The van der Waals surface area contributed by atoms with Gasteiger partial charge in [-0.3, -0.25) is 24.3 Å². The fourth-order valence-corrected chi connectivity index (χ4v) is 5.90.